The van der Waals surface area contributed by atoms with Gasteiger partial charge in [-0.1, -0.05) is 36.4 Å². The van der Waals surface area contributed by atoms with Gasteiger partial charge in [0.2, 0.25) is 14.8 Å². The van der Waals surface area contributed by atoms with E-state index in [0.29, 0.717) is 52.6 Å². The van der Waals surface area contributed by atoms with E-state index in [0.717, 1.165) is 50.8 Å². The fourth-order valence-corrected chi connectivity index (χ4v) is 10.4. The monoisotopic (exact) mass is 1210 g/mol. The van der Waals surface area contributed by atoms with Gasteiger partial charge < -0.3 is 28.4 Å². The first-order valence-corrected chi connectivity index (χ1v) is 29.5. The zero-order valence-electron chi connectivity index (χ0n) is 47.3. The molecular formula is C55H68BrN13O10S2. The minimum atomic E-state index is -3.88. The zero-order valence-corrected chi connectivity index (χ0v) is 50.5. The number of para-hydroxylation sites is 2. The number of rotatable bonds is 22. The van der Waals surface area contributed by atoms with Crippen LogP contribution in [0.4, 0.5) is 0 Å². The molecule has 0 amide bonds. The number of hydrogen-bond donors (Lipinski definition) is 1. The van der Waals surface area contributed by atoms with Crippen LogP contribution < -0.4 is 14.6 Å². The molecule has 4 atom stereocenters. The number of benzene rings is 2. The van der Waals surface area contributed by atoms with Gasteiger partial charge in [-0.05, 0) is 130 Å². The summed E-state index contributed by atoms with van der Waals surface area (Å²) in [6, 6.07) is 22.9. The Bertz CT molecular complexity index is 3570. The lowest BCUT2D eigenvalue weighted by molar-refractivity contribution is 0.0118. The summed E-state index contributed by atoms with van der Waals surface area (Å²) in [5, 5.41) is 20.4. The Morgan fingerprint density at radius 3 is 1.40 bits per heavy atom. The highest BCUT2D eigenvalue weighted by atomic mass is 79.9. The maximum Gasteiger partial charge on any atom is 0.214 e. The number of aromatic nitrogens is 12. The highest BCUT2D eigenvalue weighted by Crippen LogP contribution is 2.35. The van der Waals surface area contributed by atoms with Crippen molar-refractivity contribution in [2.45, 2.75) is 83.9 Å². The van der Waals surface area contributed by atoms with E-state index in [4.69, 9.17) is 33.6 Å². The molecule has 8 rings (SSSR count). The molecule has 0 bridgehead atoms. The molecule has 81 heavy (non-hydrogen) atoms. The third-order valence-electron chi connectivity index (χ3n) is 12.4. The molecule has 23 nitrogen and oxygen atoms in total. The maximum absolute atomic E-state index is 13.9. The molecule has 0 saturated carbocycles. The van der Waals surface area contributed by atoms with Crippen LogP contribution in [0.3, 0.4) is 0 Å². The van der Waals surface area contributed by atoms with Crippen LogP contribution in [0.5, 0.6) is 11.5 Å². The van der Waals surface area contributed by atoms with Crippen LogP contribution in [0.1, 0.15) is 77.2 Å². The largest absolute Gasteiger partial charge is 0.495 e. The van der Waals surface area contributed by atoms with Crippen molar-refractivity contribution >= 4 is 35.8 Å². The van der Waals surface area contributed by atoms with Gasteiger partial charge in [-0.15, -0.1) is 20.4 Å². The molecule has 0 aliphatic heterocycles. The van der Waals surface area contributed by atoms with E-state index in [1.807, 2.05) is 119 Å². The maximum atomic E-state index is 13.9. The Balaban J connectivity index is 0.000000216. The Hall–Kier alpha value is -7.04. The summed E-state index contributed by atoms with van der Waals surface area (Å²) in [4.78, 5) is 26.0. The summed E-state index contributed by atoms with van der Waals surface area (Å²) in [7, 11) is -1.32. The summed E-state index contributed by atoms with van der Waals surface area (Å²) < 4.78 is 87.6. The molecule has 0 aliphatic rings. The summed E-state index contributed by atoms with van der Waals surface area (Å²) in [5.41, 5.74) is 8.24. The second-order valence-electron chi connectivity index (χ2n) is 18.6. The summed E-state index contributed by atoms with van der Waals surface area (Å²) in [6.07, 6.45) is 4.75. The van der Waals surface area contributed by atoms with Crippen molar-refractivity contribution in [2.75, 3.05) is 54.9 Å². The van der Waals surface area contributed by atoms with Crippen molar-refractivity contribution in [1.29, 1.82) is 0 Å². The number of pyridine rings is 2. The Labute approximate surface area is 481 Å². The van der Waals surface area contributed by atoms with Crippen molar-refractivity contribution in [3.63, 3.8) is 0 Å². The molecule has 0 unspecified atom stereocenters. The number of ether oxygens (including phenoxy) is 6. The quantitative estimate of drug-likeness (QED) is 0.0637. The first kappa shape index (κ1) is 63.1. The van der Waals surface area contributed by atoms with Crippen molar-refractivity contribution < 1.29 is 45.3 Å². The molecule has 6 aromatic heterocycles. The Morgan fingerprint density at radius 1 is 0.543 bits per heavy atom. The lowest BCUT2D eigenvalue weighted by atomic mass is 10.1. The van der Waals surface area contributed by atoms with E-state index >= 15 is 0 Å². The second-order valence-corrected chi connectivity index (χ2v) is 23.6. The average Bonchev–Trinajstić information content (AvgIpc) is 4.06. The van der Waals surface area contributed by atoms with E-state index < -0.39 is 48.3 Å². The molecule has 0 aliphatic carbocycles. The molecule has 2 aromatic carbocycles. The van der Waals surface area contributed by atoms with Gasteiger partial charge in [-0.2, -0.15) is 0 Å². The van der Waals surface area contributed by atoms with Crippen LogP contribution >= 0.6 is 15.9 Å². The first-order chi connectivity index (χ1) is 38.6. The van der Waals surface area contributed by atoms with Gasteiger partial charge in [-0.3, -0.25) is 9.13 Å². The van der Waals surface area contributed by atoms with Crippen molar-refractivity contribution in [3.05, 3.63) is 153 Å². The van der Waals surface area contributed by atoms with Crippen LogP contribution in [-0.2, 0) is 44.6 Å². The first-order valence-electron chi connectivity index (χ1n) is 25.4. The van der Waals surface area contributed by atoms with Gasteiger partial charge in [0.15, 0.2) is 39.0 Å². The van der Waals surface area contributed by atoms with Crippen LogP contribution in [-0.4, -0.2) is 142 Å². The van der Waals surface area contributed by atoms with Crippen molar-refractivity contribution in [3.8, 4) is 45.9 Å². The topological polar surface area (TPSA) is 288 Å². The summed E-state index contributed by atoms with van der Waals surface area (Å²) in [5.74, 6) is 2.77. The number of sulfone groups is 1. The van der Waals surface area contributed by atoms with E-state index in [1.54, 1.807) is 57.6 Å². The van der Waals surface area contributed by atoms with E-state index in [2.05, 4.69) is 66.2 Å². The zero-order chi connectivity index (χ0) is 59.0. The second kappa shape index (κ2) is 29.1. The van der Waals surface area contributed by atoms with Gasteiger partial charge in [0.05, 0.1) is 57.3 Å². The standard InChI is InChI=1S/C28H34N6O5S.C16H15BrN4O.C11H19N3O4S/c1-18-15-29-27(30-16-18)26(39-14-13-37-5)21(4)40(35,36)17-24-32-33-28(22-11-8-10-20(3)31-22)34(24)25-19(2)9-7-12-23(25)38-6;1-10-6-4-9-13(22-3)14(10)21-15(19-20-16(21)17)12-8-5-7-11(2)18-12;1-8-6-13-11(14-7-8)10(18-5-4-17-3)9(2)19(12,15)16/h7-12,15-16,21,26H,13-14,17H2,1-6H3;4-9H,1-3H3;6-7,9-10H,4-5H2,1-3H3,(H2,12,15,16)/t21-,26-;;9-,10-/m0.0/s1. The molecule has 0 fully saturated rings. The molecule has 26 heteroatoms. The summed E-state index contributed by atoms with van der Waals surface area (Å²) >= 11 is 3.47. The molecule has 0 saturated heterocycles. The fourth-order valence-electron chi connectivity index (χ4n) is 8.07. The Kier molecular flexibility index (Phi) is 22.7. The lowest BCUT2D eigenvalue weighted by Crippen LogP contribution is -2.34. The van der Waals surface area contributed by atoms with E-state index in [-0.39, 0.29) is 24.9 Å². The van der Waals surface area contributed by atoms with E-state index in [9.17, 15) is 16.8 Å². The number of halogens is 1. The summed E-state index contributed by atoms with van der Waals surface area (Å²) in [6.45, 7) is 15.6. The minimum absolute atomic E-state index is 0.179. The molecule has 6 heterocycles. The van der Waals surface area contributed by atoms with Gasteiger partial charge in [-0.25, -0.2) is 51.9 Å². The molecule has 0 spiro atoms. The van der Waals surface area contributed by atoms with E-state index in [1.165, 1.54) is 14.0 Å². The van der Waals surface area contributed by atoms with Crippen molar-refractivity contribution in [2.24, 2.45) is 5.14 Å². The molecule has 432 valence electrons. The fraction of sp³-hybridized carbons (Fsp3) is 0.382. The van der Waals surface area contributed by atoms with Gasteiger partial charge in [0.1, 0.15) is 46.1 Å². The predicted octanol–water partition coefficient (Wildman–Crippen LogP) is 7.64. The molecule has 8 aromatic rings. The third kappa shape index (κ3) is 16.3. The van der Waals surface area contributed by atoms with Crippen LogP contribution in [0.15, 0.2) is 102 Å². The molecule has 2 N–H and O–H groups in total. The highest BCUT2D eigenvalue weighted by molar-refractivity contribution is 9.10. The SMILES string of the molecule is COCCO[C@H](c1ncc(C)cn1)[C@H](C)S(=O)(=O)Cc1nnc(-c2cccc(C)n2)n1-c1c(C)cccc1OC.COCCO[C@H](c1ncc(C)cn1)[C@H](C)S(N)(=O)=O.COc1cccc(C)c1-n1c(Br)nnc1-c1cccc(C)n1. The number of sulfonamides is 1. The normalized spacial score (nSPS) is 13.0. The molecular weight excluding hydrogens is 1150 g/mol. The van der Waals surface area contributed by atoms with Crippen LogP contribution in [0, 0.1) is 41.5 Å². The van der Waals surface area contributed by atoms with Crippen LogP contribution in [0.2, 0.25) is 0 Å². The van der Waals surface area contributed by atoms with Gasteiger partial charge in [0.25, 0.3) is 0 Å². The van der Waals surface area contributed by atoms with Crippen LogP contribution in [0.25, 0.3) is 34.4 Å². The smallest absolute Gasteiger partial charge is 0.214 e. The number of aryl methyl sites for hydroxylation is 6. The van der Waals surface area contributed by atoms with Gasteiger partial charge >= 0.3 is 0 Å². The van der Waals surface area contributed by atoms with Gasteiger partial charge in [0, 0.05) is 50.4 Å². The third-order valence-corrected chi connectivity index (χ3v) is 16.3. The van der Waals surface area contributed by atoms with Crippen molar-refractivity contribution in [1.82, 2.24) is 59.4 Å². The number of methoxy groups -OCH3 is 4. The molecule has 0 radical (unpaired) electrons. The minimum Gasteiger partial charge on any atom is -0.495 e. The number of hydrogen-bond acceptors (Lipinski definition) is 20. The Morgan fingerprint density at radius 2 is 0.963 bits per heavy atom. The number of primary sulfonamides is 1. The highest BCUT2D eigenvalue weighted by Gasteiger charge is 2.36. The average molecular weight is 1220 g/mol. The predicted molar refractivity (Wildman–Crippen MR) is 308 cm³/mol. The lowest BCUT2D eigenvalue weighted by Gasteiger charge is -2.23. The number of nitrogens with two attached hydrogens (primary N) is 1. The number of nitrogens with zero attached hydrogens (tertiary/aromatic N) is 12.